The number of imide groups is 1. The van der Waals surface area contributed by atoms with Gasteiger partial charge in [-0.25, -0.2) is 4.90 Å². The molecule has 0 aromatic heterocycles. The van der Waals surface area contributed by atoms with Gasteiger partial charge in [-0.3, -0.25) is 9.59 Å². The van der Waals surface area contributed by atoms with Crippen molar-refractivity contribution in [1.82, 2.24) is 0 Å². The van der Waals surface area contributed by atoms with E-state index in [1.165, 1.54) is 16.7 Å². The lowest BCUT2D eigenvalue weighted by atomic mass is 10.0. The second-order valence-corrected chi connectivity index (χ2v) is 8.29. The summed E-state index contributed by atoms with van der Waals surface area (Å²) in [4.78, 5) is 29.5. The summed E-state index contributed by atoms with van der Waals surface area (Å²) in [6.07, 6.45) is 0. The van der Waals surface area contributed by atoms with Crippen molar-refractivity contribution in [3.05, 3.63) is 100.0 Å². The number of amides is 2. The van der Waals surface area contributed by atoms with Gasteiger partial charge in [-0.1, -0.05) is 60.3 Å². The van der Waals surface area contributed by atoms with Crippen LogP contribution >= 0.6 is 11.8 Å². The Kier molecular flexibility index (Phi) is 5.12. The standard InChI is InChI=1S/C25H21NO2S/c1-16-8-7-9-20(14-16)26-24(27)22(19-13-12-17(2)18(3)15-19)23(25(26)28)29-21-10-5-4-6-11-21/h4-15H,1-3H3. The molecule has 4 heteroatoms. The molecule has 0 saturated carbocycles. The summed E-state index contributed by atoms with van der Waals surface area (Å²) in [5, 5.41) is 0. The molecule has 3 nitrogen and oxygen atoms in total. The third-order valence-corrected chi connectivity index (χ3v) is 6.15. The number of anilines is 1. The number of hydrogen-bond acceptors (Lipinski definition) is 3. The molecule has 3 aromatic rings. The molecule has 0 saturated heterocycles. The fraction of sp³-hybridized carbons (Fsp3) is 0.120. The van der Waals surface area contributed by atoms with Crippen LogP contribution in [0.1, 0.15) is 22.3 Å². The van der Waals surface area contributed by atoms with Crippen molar-refractivity contribution in [3.8, 4) is 0 Å². The van der Waals surface area contributed by atoms with Gasteiger partial charge in [0.15, 0.2) is 0 Å². The number of thioether (sulfide) groups is 1. The fourth-order valence-corrected chi connectivity index (χ4v) is 4.38. The molecule has 2 amide bonds. The Morgan fingerprint density at radius 3 is 2.17 bits per heavy atom. The molecule has 0 spiro atoms. The summed E-state index contributed by atoms with van der Waals surface area (Å²) in [5.41, 5.74) is 5.09. The molecule has 0 fully saturated rings. The van der Waals surface area contributed by atoms with Gasteiger partial charge in [-0.05, 0) is 67.3 Å². The van der Waals surface area contributed by atoms with Gasteiger partial charge in [0.05, 0.1) is 16.2 Å². The first kappa shape index (κ1) is 19.2. The molecule has 0 N–H and O–H groups in total. The van der Waals surface area contributed by atoms with Crippen molar-refractivity contribution >= 4 is 34.8 Å². The Labute approximate surface area is 175 Å². The zero-order valence-corrected chi connectivity index (χ0v) is 17.4. The van der Waals surface area contributed by atoms with Crippen LogP contribution < -0.4 is 4.90 Å². The molecule has 1 heterocycles. The van der Waals surface area contributed by atoms with Crippen LogP contribution in [0.2, 0.25) is 0 Å². The van der Waals surface area contributed by atoms with E-state index in [0.29, 0.717) is 16.2 Å². The maximum Gasteiger partial charge on any atom is 0.272 e. The number of carbonyl (C=O) groups excluding carboxylic acids is 2. The predicted octanol–water partition coefficient (Wildman–Crippen LogP) is 5.69. The second-order valence-electron chi connectivity index (χ2n) is 7.20. The molecule has 0 aliphatic carbocycles. The van der Waals surface area contributed by atoms with Crippen LogP contribution in [0.15, 0.2) is 82.6 Å². The van der Waals surface area contributed by atoms with Crippen molar-refractivity contribution < 1.29 is 9.59 Å². The maximum atomic E-state index is 13.5. The van der Waals surface area contributed by atoms with Crippen LogP contribution in [0, 0.1) is 20.8 Å². The summed E-state index contributed by atoms with van der Waals surface area (Å²) in [6, 6.07) is 23.1. The fourth-order valence-electron chi connectivity index (χ4n) is 3.36. The zero-order chi connectivity index (χ0) is 20.5. The van der Waals surface area contributed by atoms with Crippen molar-refractivity contribution in [3.63, 3.8) is 0 Å². The quantitative estimate of drug-likeness (QED) is 0.529. The first-order valence-electron chi connectivity index (χ1n) is 9.46. The van der Waals surface area contributed by atoms with E-state index in [0.717, 1.165) is 27.1 Å². The van der Waals surface area contributed by atoms with Gasteiger partial charge in [0, 0.05) is 4.90 Å². The maximum absolute atomic E-state index is 13.5. The number of benzene rings is 3. The number of rotatable bonds is 4. The molecular weight excluding hydrogens is 378 g/mol. The van der Waals surface area contributed by atoms with Gasteiger partial charge in [-0.2, -0.15) is 0 Å². The number of hydrogen-bond donors (Lipinski definition) is 0. The van der Waals surface area contributed by atoms with E-state index < -0.39 is 0 Å². The van der Waals surface area contributed by atoms with Gasteiger partial charge < -0.3 is 0 Å². The van der Waals surface area contributed by atoms with E-state index in [2.05, 4.69) is 0 Å². The Hall–Kier alpha value is -3.11. The van der Waals surface area contributed by atoms with Gasteiger partial charge in [0.25, 0.3) is 11.8 Å². The molecular formula is C25H21NO2S. The normalized spacial score (nSPS) is 14.1. The first-order chi connectivity index (χ1) is 14.0. The molecule has 1 aliphatic heterocycles. The van der Waals surface area contributed by atoms with Crippen molar-refractivity contribution in [1.29, 1.82) is 0 Å². The van der Waals surface area contributed by atoms with Gasteiger partial charge in [0.1, 0.15) is 0 Å². The monoisotopic (exact) mass is 399 g/mol. The second kappa shape index (κ2) is 7.72. The average Bonchev–Trinajstić information content (AvgIpc) is 2.95. The SMILES string of the molecule is Cc1cccc(N2C(=O)C(Sc3ccccc3)=C(c3ccc(C)c(C)c3)C2=O)c1. The molecule has 29 heavy (non-hydrogen) atoms. The minimum atomic E-state index is -0.276. The topological polar surface area (TPSA) is 37.4 Å². The van der Waals surface area contributed by atoms with E-state index in [9.17, 15) is 9.59 Å². The minimum absolute atomic E-state index is 0.275. The zero-order valence-electron chi connectivity index (χ0n) is 16.6. The van der Waals surface area contributed by atoms with E-state index in [1.54, 1.807) is 6.07 Å². The van der Waals surface area contributed by atoms with Crippen molar-refractivity contribution in [2.24, 2.45) is 0 Å². The number of nitrogens with zero attached hydrogens (tertiary/aromatic N) is 1. The Bertz CT molecular complexity index is 1150. The van der Waals surface area contributed by atoms with E-state index in [-0.39, 0.29) is 11.8 Å². The van der Waals surface area contributed by atoms with E-state index in [4.69, 9.17) is 0 Å². The minimum Gasteiger partial charge on any atom is -0.268 e. The van der Waals surface area contributed by atoms with Gasteiger partial charge in [0.2, 0.25) is 0 Å². The third-order valence-electron chi connectivity index (χ3n) is 5.06. The highest BCUT2D eigenvalue weighted by Crippen LogP contribution is 2.41. The molecule has 0 bridgehead atoms. The van der Waals surface area contributed by atoms with Crippen LogP contribution in [0.25, 0.3) is 5.57 Å². The lowest BCUT2D eigenvalue weighted by Gasteiger charge is -2.16. The first-order valence-corrected chi connectivity index (χ1v) is 10.3. The molecule has 0 unspecified atom stereocenters. The largest absolute Gasteiger partial charge is 0.272 e. The lowest BCUT2D eigenvalue weighted by Crippen LogP contribution is -2.31. The van der Waals surface area contributed by atoms with Crippen LogP contribution in [0.3, 0.4) is 0 Å². The number of aryl methyl sites for hydroxylation is 3. The Morgan fingerprint density at radius 1 is 0.724 bits per heavy atom. The Balaban J connectivity index is 1.85. The third kappa shape index (κ3) is 3.64. The van der Waals surface area contributed by atoms with Gasteiger partial charge >= 0.3 is 0 Å². The van der Waals surface area contributed by atoms with E-state index >= 15 is 0 Å². The molecule has 0 radical (unpaired) electrons. The van der Waals surface area contributed by atoms with Gasteiger partial charge in [-0.15, -0.1) is 0 Å². The molecule has 0 atom stereocenters. The highest BCUT2D eigenvalue weighted by Gasteiger charge is 2.40. The van der Waals surface area contributed by atoms with Crippen LogP contribution in [0.5, 0.6) is 0 Å². The highest BCUT2D eigenvalue weighted by atomic mass is 32.2. The summed E-state index contributed by atoms with van der Waals surface area (Å²) in [7, 11) is 0. The van der Waals surface area contributed by atoms with Crippen LogP contribution in [-0.4, -0.2) is 11.8 Å². The summed E-state index contributed by atoms with van der Waals surface area (Å²) < 4.78 is 0. The molecule has 144 valence electrons. The summed E-state index contributed by atoms with van der Waals surface area (Å²) >= 11 is 1.35. The summed E-state index contributed by atoms with van der Waals surface area (Å²) in [6.45, 7) is 6.00. The van der Waals surface area contributed by atoms with E-state index in [1.807, 2.05) is 87.5 Å². The predicted molar refractivity (Wildman–Crippen MR) is 119 cm³/mol. The number of carbonyl (C=O) groups is 2. The van der Waals surface area contributed by atoms with Crippen LogP contribution in [0.4, 0.5) is 5.69 Å². The lowest BCUT2D eigenvalue weighted by molar-refractivity contribution is -0.119. The smallest absolute Gasteiger partial charge is 0.268 e. The average molecular weight is 400 g/mol. The van der Waals surface area contributed by atoms with Crippen molar-refractivity contribution in [2.45, 2.75) is 25.7 Å². The van der Waals surface area contributed by atoms with Crippen LogP contribution in [-0.2, 0) is 9.59 Å². The van der Waals surface area contributed by atoms with Crippen molar-refractivity contribution in [2.75, 3.05) is 4.90 Å². The molecule has 4 rings (SSSR count). The highest BCUT2D eigenvalue weighted by molar-refractivity contribution is 8.04. The molecule has 1 aliphatic rings. The Morgan fingerprint density at radius 2 is 1.48 bits per heavy atom. The summed E-state index contributed by atoms with van der Waals surface area (Å²) in [5.74, 6) is -0.551. The molecule has 3 aromatic carbocycles.